The van der Waals surface area contributed by atoms with Gasteiger partial charge in [0, 0.05) is 19.9 Å². The third kappa shape index (κ3) is 3.04. The Balaban J connectivity index is 2.71. The summed E-state index contributed by atoms with van der Waals surface area (Å²) in [7, 11) is 2.89. The number of carbonyl (C=O) groups excluding carboxylic acids is 2. The first-order chi connectivity index (χ1) is 10.7. The van der Waals surface area contributed by atoms with Crippen LogP contribution in [0.4, 0.5) is 0 Å². The number of esters is 2. The number of ether oxygens (including phenoxy) is 5. The average Bonchev–Trinajstić information content (AvgIpc) is 2.67. The molecule has 0 N–H and O–H groups in total. The van der Waals surface area contributed by atoms with Crippen molar-refractivity contribution in [1.29, 1.82) is 0 Å². The van der Waals surface area contributed by atoms with E-state index in [-0.39, 0.29) is 11.5 Å². The van der Waals surface area contributed by atoms with Gasteiger partial charge in [-0.05, 0) is 13.8 Å². The van der Waals surface area contributed by atoms with E-state index in [2.05, 4.69) is 0 Å². The van der Waals surface area contributed by atoms with Crippen LogP contribution in [0.3, 0.4) is 0 Å². The maximum absolute atomic E-state index is 11.5. The van der Waals surface area contributed by atoms with E-state index in [4.69, 9.17) is 23.7 Å². The third-order valence-electron chi connectivity index (χ3n) is 3.42. The maximum Gasteiger partial charge on any atom is 0.308 e. The van der Waals surface area contributed by atoms with Crippen molar-refractivity contribution in [3.63, 3.8) is 0 Å². The Morgan fingerprint density at radius 3 is 2.22 bits per heavy atom. The van der Waals surface area contributed by atoms with Crippen molar-refractivity contribution in [3.8, 4) is 23.0 Å². The van der Waals surface area contributed by atoms with Gasteiger partial charge in [0.15, 0.2) is 17.6 Å². The summed E-state index contributed by atoms with van der Waals surface area (Å²) in [6.07, 6.45) is -0.746. The molecule has 0 spiro atoms. The molecule has 0 fully saturated rings. The fourth-order valence-electron chi connectivity index (χ4n) is 2.58. The highest BCUT2D eigenvalue weighted by Gasteiger charge is 2.48. The summed E-state index contributed by atoms with van der Waals surface area (Å²) in [4.78, 5) is 23.0. The number of benzene rings is 1. The van der Waals surface area contributed by atoms with Crippen molar-refractivity contribution in [1.82, 2.24) is 0 Å². The molecule has 1 unspecified atom stereocenters. The molecule has 0 saturated heterocycles. The van der Waals surface area contributed by atoms with Gasteiger partial charge in [0.2, 0.25) is 5.75 Å². The Bertz CT molecular complexity index is 648. The van der Waals surface area contributed by atoms with Gasteiger partial charge in [-0.1, -0.05) is 0 Å². The van der Waals surface area contributed by atoms with Crippen LogP contribution in [0.1, 0.15) is 39.4 Å². The minimum absolute atomic E-state index is 0.131. The van der Waals surface area contributed by atoms with Crippen LogP contribution in [0.5, 0.6) is 23.0 Å². The predicted molar refractivity (Wildman–Crippen MR) is 80.1 cm³/mol. The Kier molecular flexibility index (Phi) is 4.40. The molecule has 2 rings (SSSR count). The highest BCUT2D eigenvalue weighted by molar-refractivity contribution is 5.75. The molecule has 0 aliphatic carbocycles. The first kappa shape index (κ1) is 16.9. The van der Waals surface area contributed by atoms with Crippen LogP contribution in [-0.2, 0) is 14.3 Å². The number of hydrogen-bond donors (Lipinski definition) is 0. The quantitative estimate of drug-likeness (QED) is 0.621. The summed E-state index contributed by atoms with van der Waals surface area (Å²) >= 11 is 0. The lowest BCUT2D eigenvalue weighted by Gasteiger charge is -2.26. The summed E-state index contributed by atoms with van der Waals surface area (Å²) in [5.41, 5.74) is -0.390. The zero-order chi connectivity index (χ0) is 17.4. The summed E-state index contributed by atoms with van der Waals surface area (Å²) in [5, 5.41) is 0. The Morgan fingerprint density at radius 1 is 1.09 bits per heavy atom. The molecule has 0 aromatic heterocycles. The van der Waals surface area contributed by atoms with Crippen LogP contribution in [0.2, 0.25) is 0 Å². The highest BCUT2D eigenvalue weighted by Crippen LogP contribution is 2.55. The van der Waals surface area contributed by atoms with Crippen molar-refractivity contribution in [2.24, 2.45) is 0 Å². The lowest BCUT2D eigenvalue weighted by Crippen LogP contribution is -2.33. The normalized spacial score (nSPS) is 17.7. The third-order valence-corrected chi connectivity index (χ3v) is 3.42. The van der Waals surface area contributed by atoms with Crippen LogP contribution >= 0.6 is 0 Å². The molecule has 0 bridgehead atoms. The van der Waals surface area contributed by atoms with Crippen molar-refractivity contribution in [2.45, 2.75) is 39.4 Å². The number of rotatable bonds is 4. The van der Waals surface area contributed by atoms with Crippen molar-refractivity contribution < 1.29 is 33.3 Å². The molecular formula is C16H20O7. The van der Waals surface area contributed by atoms with Crippen molar-refractivity contribution >= 4 is 11.9 Å². The second-order valence-electron chi connectivity index (χ2n) is 5.64. The van der Waals surface area contributed by atoms with Crippen LogP contribution in [0.15, 0.2) is 6.07 Å². The molecule has 1 aliphatic heterocycles. The summed E-state index contributed by atoms with van der Waals surface area (Å²) in [5.74, 6) is 0.121. The molecule has 1 atom stereocenters. The summed E-state index contributed by atoms with van der Waals surface area (Å²) in [6.45, 7) is 6.13. The standard InChI is InChI=1S/C16H20O7/c1-8(17)21-14-12-10(7-11(19-5)13(14)20-6)23-16(3,4)15(12)22-9(2)18/h7,15H,1-6H3. The van der Waals surface area contributed by atoms with Crippen LogP contribution in [0.25, 0.3) is 0 Å². The van der Waals surface area contributed by atoms with Gasteiger partial charge in [0.1, 0.15) is 11.4 Å². The largest absolute Gasteiger partial charge is 0.493 e. The lowest BCUT2D eigenvalue weighted by molar-refractivity contribution is -0.154. The van der Waals surface area contributed by atoms with E-state index >= 15 is 0 Å². The minimum Gasteiger partial charge on any atom is -0.493 e. The molecular weight excluding hydrogens is 304 g/mol. The van der Waals surface area contributed by atoms with E-state index in [0.717, 1.165) is 0 Å². The number of carbonyl (C=O) groups is 2. The zero-order valence-electron chi connectivity index (χ0n) is 14.0. The monoisotopic (exact) mass is 324 g/mol. The Morgan fingerprint density at radius 2 is 1.74 bits per heavy atom. The molecule has 0 radical (unpaired) electrons. The van der Waals surface area contributed by atoms with E-state index in [1.54, 1.807) is 19.9 Å². The number of fused-ring (bicyclic) bond motifs is 1. The second-order valence-corrected chi connectivity index (χ2v) is 5.64. The van der Waals surface area contributed by atoms with Gasteiger partial charge in [-0.25, -0.2) is 0 Å². The number of hydrogen-bond acceptors (Lipinski definition) is 7. The van der Waals surface area contributed by atoms with Gasteiger partial charge in [-0.15, -0.1) is 0 Å². The van der Waals surface area contributed by atoms with E-state index in [0.29, 0.717) is 17.1 Å². The topological polar surface area (TPSA) is 80.3 Å². The van der Waals surface area contributed by atoms with Crippen LogP contribution < -0.4 is 18.9 Å². The van der Waals surface area contributed by atoms with Gasteiger partial charge in [0.25, 0.3) is 0 Å². The van der Waals surface area contributed by atoms with Crippen LogP contribution in [-0.4, -0.2) is 31.8 Å². The SMILES string of the molecule is COc1cc2c(c(OC(C)=O)c1OC)C(OC(C)=O)C(C)(C)O2. The van der Waals surface area contributed by atoms with E-state index in [9.17, 15) is 9.59 Å². The fraction of sp³-hybridized carbons (Fsp3) is 0.500. The van der Waals surface area contributed by atoms with E-state index in [1.807, 2.05) is 0 Å². The van der Waals surface area contributed by atoms with Gasteiger partial charge in [0.05, 0.1) is 19.8 Å². The predicted octanol–water partition coefficient (Wildman–Crippen LogP) is 2.40. The number of methoxy groups -OCH3 is 2. The smallest absolute Gasteiger partial charge is 0.308 e. The fourth-order valence-corrected chi connectivity index (χ4v) is 2.58. The Hall–Kier alpha value is -2.44. The second kappa shape index (κ2) is 5.98. The molecule has 0 saturated carbocycles. The molecule has 7 nitrogen and oxygen atoms in total. The lowest BCUT2D eigenvalue weighted by atomic mass is 9.96. The average molecular weight is 324 g/mol. The van der Waals surface area contributed by atoms with Gasteiger partial charge in [-0.3, -0.25) is 9.59 Å². The van der Waals surface area contributed by atoms with Crippen molar-refractivity contribution in [3.05, 3.63) is 11.6 Å². The minimum atomic E-state index is -0.833. The highest BCUT2D eigenvalue weighted by atomic mass is 16.6. The zero-order valence-corrected chi connectivity index (χ0v) is 14.0. The molecule has 1 aliphatic rings. The molecule has 1 heterocycles. The molecule has 0 amide bonds. The summed E-state index contributed by atoms with van der Waals surface area (Å²) < 4.78 is 27.2. The molecule has 1 aromatic carbocycles. The molecule has 7 heteroatoms. The Labute approximate surface area is 134 Å². The molecule has 23 heavy (non-hydrogen) atoms. The molecule has 126 valence electrons. The van der Waals surface area contributed by atoms with Gasteiger partial charge < -0.3 is 23.7 Å². The molecule has 1 aromatic rings. The van der Waals surface area contributed by atoms with Crippen LogP contribution in [0, 0.1) is 0 Å². The summed E-state index contributed by atoms with van der Waals surface area (Å²) in [6, 6.07) is 1.62. The maximum atomic E-state index is 11.5. The van der Waals surface area contributed by atoms with Gasteiger partial charge in [-0.2, -0.15) is 0 Å². The van der Waals surface area contributed by atoms with E-state index in [1.165, 1.54) is 28.1 Å². The first-order valence-electron chi connectivity index (χ1n) is 7.04. The van der Waals surface area contributed by atoms with Crippen molar-refractivity contribution in [2.75, 3.05) is 14.2 Å². The van der Waals surface area contributed by atoms with Gasteiger partial charge >= 0.3 is 11.9 Å². The first-order valence-corrected chi connectivity index (χ1v) is 7.04. The van der Waals surface area contributed by atoms with E-state index < -0.39 is 23.6 Å².